The van der Waals surface area contributed by atoms with E-state index in [4.69, 9.17) is 5.73 Å². The smallest absolute Gasteiger partial charge is 0.292 e. The van der Waals surface area contributed by atoms with Crippen LogP contribution in [0.4, 0.5) is 17.1 Å². The summed E-state index contributed by atoms with van der Waals surface area (Å²) in [4.78, 5) is 14.7. The van der Waals surface area contributed by atoms with Gasteiger partial charge in [0.25, 0.3) is 5.69 Å². The van der Waals surface area contributed by atoms with Crippen LogP contribution in [0.15, 0.2) is 53.5 Å². The normalized spacial score (nSPS) is 11.1. The first-order valence-corrected chi connectivity index (χ1v) is 7.17. The Morgan fingerprint density at radius 1 is 1.22 bits per heavy atom. The SMILES string of the molecule is Cc1ccc(NC(N)=NCCNc2ccccc2[N+](=O)[O-])cc1. The molecule has 0 atom stereocenters. The van der Waals surface area contributed by atoms with E-state index in [-0.39, 0.29) is 5.69 Å². The third-order valence-corrected chi connectivity index (χ3v) is 3.13. The minimum Gasteiger partial charge on any atom is -0.378 e. The number of hydrogen-bond acceptors (Lipinski definition) is 4. The van der Waals surface area contributed by atoms with E-state index in [0.29, 0.717) is 24.7 Å². The van der Waals surface area contributed by atoms with Gasteiger partial charge in [-0.15, -0.1) is 0 Å². The molecule has 2 rings (SSSR count). The van der Waals surface area contributed by atoms with Crippen LogP contribution in [0.25, 0.3) is 0 Å². The summed E-state index contributed by atoms with van der Waals surface area (Å²) in [6.07, 6.45) is 0. The second kappa shape index (κ2) is 7.79. The first kappa shape index (κ1) is 16.3. The van der Waals surface area contributed by atoms with Crippen molar-refractivity contribution in [1.82, 2.24) is 0 Å². The Bertz CT molecular complexity index is 698. The fraction of sp³-hybridized carbons (Fsp3) is 0.188. The van der Waals surface area contributed by atoms with E-state index in [0.717, 1.165) is 5.69 Å². The lowest BCUT2D eigenvalue weighted by Crippen LogP contribution is -2.23. The molecule has 0 bridgehead atoms. The van der Waals surface area contributed by atoms with Crippen molar-refractivity contribution in [2.24, 2.45) is 10.7 Å². The number of anilines is 2. The summed E-state index contributed by atoms with van der Waals surface area (Å²) >= 11 is 0. The molecule has 0 amide bonds. The zero-order valence-electron chi connectivity index (χ0n) is 12.8. The Morgan fingerprint density at radius 3 is 2.61 bits per heavy atom. The molecule has 0 aliphatic rings. The van der Waals surface area contributed by atoms with Crippen LogP contribution in [0.2, 0.25) is 0 Å². The fourth-order valence-electron chi connectivity index (χ4n) is 1.97. The average Bonchev–Trinajstić information content (AvgIpc) is 2.54. The maximum Gasteiger partial charge on any atom is 0.292 e. The number of nitrogens with two attached hydrogens (primary N) is 1. The molecule has 0 unspecified atom stereocenters. The maximum atomic E-state index is 10.9. The molecule has 0 saturated heterocycles. The lowest BCUT2D eigenvalue weighted by atomic mass is 10.2. The maximum absolute atomic E-state index is 10.9. The lowest BCUT2D eigenvalue weighted by Gasteiger charge is -2.07. The molecule has 0 fully saturated rings. The highest BCUT2D eigenvalue weighted by Crippen LogP contribution is 2.22. The molecule has 0 heterocycles. The largest absolute Gasteiger partial charge is 0.378 e. The first-order valence-electron chi connectivity index (χ1n) is 7.17. The van der Waals surface area contributed by atoms with Crippen molar-refractivity contribution >= 4 is 23.0 Å². The number of aliphatic imine (C=N–C) groups is 1. The van der Waals surface area contributed by atoms with Crippen molar-refractivity contribution in [3.63, 3.8) is 0 Å². The summed E-state index contributed by atoms with van der Waals surface area (Å²) in [7, 11) is 0. The number of rotatable bonds is 6. The molecule has 120 valence electrons. The van der Waals surface area contributed by atoms with E-state index in [1.54, 1.807) is 18.2 Å². The van der Waals surface area contributed by atoms with Gasteiger partial charge in [0.05, 0.1) is 11.5 Å². The average molecular weight is 313 g/mol. The van der Waals surface area contributed by atoms with Crippen LogP contribution in [0, 0.1) is 17.0 Å². The zero-order chi connectivity index (χ0) is 16.7. The van der Waals surface area contributed by atoms with E-state index in [1.165, 1.54) is 11.6 Å². The van der Waals surface area contributed by atoms with Crippen molar-refractivity contribution < 1.29 is 4.92 Å². The van der Waals surface area contributed by atoms with Gasteiger partial charge in [0.1, 0.15) is 5.69 Å². The molecule has 7 heteroatoms. The van der Waals surface area contributed by atoms with Crippen molar-refractivity contribution in [1.29, 1.82) is 0 Å². The molecule has 0 saturated carbocycles. The zero-order valence-corrected chi connectivity index (χ0v) is 12.8. The lowest BCUT2D eigenvalue weighted by molar-refractivity contribution is -0.384. The highest BCUT2D eigenvalue weighted by molar-refractivity contribution is 5.92. The molecule has 23 heavy (non-hydrogen) atoms. The van der Waals surface area contributed by atoms with Crippen molar-refractivity contribution in [3.8, 4) is 0 Å². The Hall–Kier alpha value is -3.09. The highest BCUT2D eigenvalue weighted by atomic mass is 16.6. The number of nitro groups is 1. The van der Waals surface area contributed by atoms with Gasteiger partial charge < -0.3 is 16.4 Å². The molecule has 2 aromatic rings. The molecule has 0 aliphatic heterocycles. The molecule has 0 aromatic heterocycles. The predicted octanol–water partition coefficient (Wildman–Crippen LogP) is 2.74. The van der Waals surface area contributed by atoms with Crippen molar-refractivity contribution in [3.05, 3.63) is 64.2 Å². The Kier molecular flexibility index (Phi) is 5.51. The molecule has 0 aliphatic carbocycles. The molecular weight excluding hydrogens is 294 g/mol. The van der Waals surface area contributed by atoms with Crippen LogP contribution in [-0.4, -0.2) is 24.0 Å². The number of para-hydroxylation sites is 2. The summed E-state index contributed by atoms with van der Waals surface area (Å²) in [5.41, 5.74) is 8.35. The van der Waals surface area contributed by atoms with Gasteiger partial charge >= 0.3 is 0 Å². The number of guanidine groups is 1. The number of nitro benzene ring substituents is 1. The van der Waals surface area contributed by atoms with Crippen molar-refractivity contribution in [2.45, 2.75) is 6.92 Å². The van der Waals surface area contributed by atoms with Gasteiger partial charge in [0.2, 0.25) is 0 Å². The van der Waals surface area contributed by atoms with Crippen LogP contribution in [-0.2, 0) is 0 Å². The van der Waals surface area contributed by atoms with E-state index in [1.807, 2.05) is 31.2 Å². The van der Waals surface area contributed by atoms with E-state index in [2.05, 4.69) is 15.6 Å². The summed E-state index contributed by atoms with van der Waals surface area (Å²) in [5.74, 6) is 0.304. The van der Waals surface area contributed by atoms with Gasteiger partial charge in [-0.3, -0.25) is 15.1 Å². The monoisotopic (exact) mass is 313 g/mol. The summed E-state index contributed by atoms with van der Waals surface area (Å²) in [6, 6.07) is 14.3. The molecule has 4 N–H and O–H groups in total. The van der Waals surface area contributed by atoms with Gasteiger partial charge in [-0.05, 0) is 25.1 Å². The third kappa shape index (κ3) is 4.99. The fourth-order valence-corrected chi connectivity index (χ4v) is 1.97. The number of benzene rings is 2. The van der Waals surface area contributed by atoms with Crippen LogP contribution in [0.5, 0.6) is 0 Å². The second-order valence-electron chi connectivity index (χ2n) is 4.96. The van der Waals surface area contributed by atoms with E-state index in [9.17, 15) is 10.1 Å². The Balaban J connectivity index is 1.84. The molecule has 7 nitrogen and oxygen atoms in total. The first-order chi connectivity index (χ1) is 11.1. The van der Waals surface area contributed by atoms with Gasteiger partial charge in [0, 0.05) is 18.3 Å². The van der Waals surface area contributed by atoms with E-state index >= 15 is 0 Å². The van der Waals surface area contributed by atoms with Crippen LogP contribution < -0.4 is 16.4 Å². The Labute approximate surface area is 134 Å². The van der Waals surface area contributed by atoms with Gasteiger partial charge in [-0.1, -0.05) is 29.8 Å². The topological polar surface area (TPSA) is 106 Å². The quantitative estimate of drug-likeness (QED) is 0.250. The third-order valence-electron chi connectivity index (χ3n) is 3.13. The number of aryl methyl sites for hydroxylation is 1. The van der Waals surface area contributed by atoms with Gasteiger partial charge in [0.15, 0.2) is 5.96 Å². The molecule has 0 spiro atoms. The minimum absolute atomic E-state index is 0.0437. The van der Waals surface area contributed by atoms with Crippen molar-refractivity contribution in [2.75, 3.05) is 23.7 Å². The molecule has 2 aromatic carbocycles. The summed E-state index contributed by atoms with van der Waals surface area (Å²) < 4.78 is 0. The summed E-state index contributed by atoms with van der Waals surface area (Å²) in [6.45, 7) is 2.85. The highest BCUT2D eigenvalue weighted by Gasteiger charge is 2.10. The summed E-state index contributed by atoms with van der Waals surface area (Å²) in [5, 5.41) is 16.9. The minimum atomic E-state index is -0.418. The molecular formula is C16H19N5O2. The van der Waals surface area contributed by atoms with Gasteiger partial charge in [-0.25, -0.2) is 0 Å². The second-order valence-corrected chi connectivity index (χ2v) is 4.96. The van der Waals surface area contributed by atoms with Crippen LogP contribution in [0.1, 0.15) is 5.56 Å². The number of hydrogen-bond donors (Lipinski definition) is 3. The molecule has 0 radical (unpaired) electrons. The van der Waals surface area contributed by atoms with Crippen LogP contribution in [0.3, 0.4) is 0 Å². The number of nitrogens with one attached hydrogen (secondary N) is 2. The Morgan fingerprint density at radius 2 is 1.91 bits per heavy atom. The van der Waals surface area contributed by atoms with Gasteiger partial charge in [-0.2, -0.15) is 0 Å². The van der Waals surface area contributed by atoms with Crippen LogP contribution >= 0.6 is 0 Å². The predicted molar refractivity (Wildman–Crippen MR) is 92.9 cm³/mol. The number of nitrogens with zero attached hydrogens (tertiary/aromatic N) is 2. The standard InChI is InChI=1S/C16H19N5O2/c1-12-6-8-13(9-7-12)20-16(17)19-11-10-18-14-4-2-3-5-15(14)21(22)23/h2-9,18H,10-11H2,1H3,(H3,17,19,20). The van der Waals surface area contributed by atoms with E-state index < -0.39 is 4.92 Å².